The fraction of sp³-hybridized carbons (Fsp3) is 0.0526. The fourth-order valence-corrected chi connectivity index (χ4v) is 3.45. The molecule has 0 saturated carbocycles. The van der Waals surface area contributed by atoms with Gasteiger partial charge in [-0.15, -0.1) is 11.8 Å². The summed E-state index contributed by atoms with van der Waals surface area (Å²) >= 11 is 10.7. The molecule has 0 radical (unpaired) electrons. The van der Waals surface area contributed by atoms with Crippen LogP contribution in [0.1, 0.15) is 5.69 Å². The zero-order chi connectivity index (χ0) is 18.4. The minimum absolute atomic E-state index is 0.165. The highest BCUT2D eigenvalue weighted by Gasteiger charge is 2.04. The van der Waals surface area contributed by atoms with E-state index in [1.807, 2.05) is 59.3 Å². The third kappa shape index (κ3) is 5.24. The van der Waals surface area contributed by atoms with Crippen LogP contribution in [0.5, 0.6) is 0 Å². The zero-order valence-corrected chi connectivity index (χ0v) is 16.8. The first kappa shape index (κ1) is 18.8. The lowest BCUT2D eigenvalue weighted by Gasteiger charge is -2.06. The lowest BCUT2D eigenvalue weighted by Crippen LogP contribution is -2.19. The highest BCUT2D eigenvalue weighted by Crippen LogP contribution is 2.20. The van der Waals surface area contributed by atoms with E-state index in [2.05, 4.69) is 26.5 Å². The molecule has 1 amide bonds. The topological polar surface area (TPSA) is 46.4 Å². The van der Waals surface area contributed by atoms with Crippen LogP contribution in [0.25, 0.3) is 5.69 Å². The predicted molar refractivity (Wildman–Crippen MR) is 111 cm³/mol. The summed E-state index contributed by atoms with van der Waals surface area (Å²) in [5.41, 5.74) is 4.43. The van der Waals surface area contributed by atoms with Gasteiger partial charge in [0.1, 0.15) is 0 Å². The van der Waals surface area contributed by atoms with Crippen molar-refractivity contribution < 1.29 is 4.79 Å². The Balaban J connectivity index is 1.56. The molecule has 0 saturated heterocycles. The maximum atomic E-state index is 11.9. The molecular weight excluding hydrogens is 434 g/mol. The molecule has 3 rings (SSSR count). The van der Waals surface area contributed by atoms with Crippen molar-refractivity contribution in [1.29, 1.82) is 0 Å². The second-order valence-corrected chi connectivity index (χ2v) is 7.72. The number of halogens is 2. The SMILES string of the molecule is O=C(CSc1ccc(Cl)cc1)N/N=C\c1cccn1-c1cccc(Br)c1. The molecule has 3 aromatic rings. The number of carbonyl (C=O) groups is 1. The summed E-state index contributed by atoms with van der Waals surface area (Å²) in [6, 6.07) is 19.2. The molecule has 0 aliphatic rings. The van der Waals surface area contributed by atoms with Crippen LogP contribution in [-0.2, 0) is 4.79 Å². The first-order valence-electron chi connectivity index (χ1n) is 7.75. The number of rotatable bonds is 6. The molecule has 0 fully saturated rings. The second kappa shape index (κ2) is 9.07. The van der Waals surface area contributed by atoms with Gasteiger partial charge in [0, 0.05) is 26.3 Å². The molecule has 132 valence electrons. The number of hydrogen-bond donors (Lipinski definition) is 1. The fourth-order valence-electron chi connectivity index (χ4n) is 2.24. The minimum atomic E-state index is -0.165. The van der Waals surface area contributed by atoms with Crippen molar-refractivity contribution in [1.82, 2.24) is 9.99 Å². The Hall–Kier alpha value is -2.02. The smallest absolute Gasteiger partial charge is 0.250 e. The number of amides is 1. The zero-order valence-electron chi connectivity index (χ0n) is 13.6. The third-order valence-electron chi connectivity index (χ3n) is 3.44. The average Bonchev–Trinajstić information content (AvgIpc) is 3.10. The van der Waals surface area contributed by atoms with E-state index in [9.17, 15) is 4.79 Å². The van der Waals surface area contributed by atoms with E-state index in [0.717, 1.165) is 20.7 Å². The molecule has 0 bridgehead atoms. The van der Waals surface area contributed by atoms with E-state index in [-0.39, 0.29) is 11.7 Å². The Labute approximate surface area is 169 Å². The van der Waals surface area contributed by atoms with Gasteiger partial charge in [-0.05, 0) is 54.6 Å². The molecule has 0 unspecified atom stereocenters. The highest BCUT2D eigenvalue weighted by atomic mass is 79.9. The number of hydrazone groups is 1. The van der Waals surface area contributed by atoms with Gasteiger partial charge in [0.05, 0.1) is 17.7 Å². The van der Waals surface area contributed by atoms with Crippen molar-refractivity contribution in [3.8, 4) is 5.69 Å². The molecule has 1 heterocycles. The summed E-state index contributed by atoms with van der Waals surface area (Å²) in [7, 11) is 0. The van der Waals surface area contributed by atoms with Crippen LogP contribution < -0.4 is 5.43 Å². The largest absolute Gasteiger partial charge is 0.316 e. The summed E-state index contributed by atoms with van der Waals surface area (Å²) in [6.07, 6.45) is 3.58. The van der Waals surface area contributed by atoms with Crippen molar-refractivity contribution in [2.75, 3.05) is 5.75 Å². The van der Waals surface area contributed by atoms with E-state index < -0.39 is 0 Å². The molecule has 26 heavy (non-hydrogen) atoms. The molecule has 0 aliphatic heterocycles. The van der Waals surface area contributed by atoms with Crippen molar-refractivity contribution in [2.45, 2.75) is 4.90 Å². The number of thioether (sulfide) groups is 1. The molecule has 2 aromatic carbocycles. The predicted octanol–water partition coefficient (Wildman–Crippen LogP) is 5.14. The Morgan fingerprint density at radius 2 is 2.00 bits per heavy atom. The number of nitrogens with zero attached hydrogens (tertiary/aromatic N) is 2. The van der Waals surface area contributed by atoms with Crippen molar-refractivity contribution in [3.05, 3.63) is 82.0 Å². The lowest BCUT2D eigenvalue weighted by molar-refractivity contribution is -0.118. The standard InChI is InChI=1S/C19H15BrClN3OS/c20-14-3-1-4-16(11-14)24-10-2-5-17(24)12-22-23-19(25)13-26-18-8-6-15(21)7-9-18/h1-12H,13H2,(H,23,25)/b22-12-. The number of hydrogen-bond acceptors (Lipinski definition) is 3. The van der Waals surface area contributed by atoms with Crippen LogP contribution in [0, 0.1) is 0 Å². The van der Waals surface area contributed by atoms with Gasteiger partial charge < -0.3 is 4.57 Å². The number of carbonyl (C=O) groups excluding carboxylic acids is 1. The Bertz CT molecular complexity index is 925. The summed E-state index contributed by atoms with van der Waals surface area (Å²) in [6.45, 7) is 0. The monoisotopic (exact) mass is 447 g/mol. The molecule has 0 aliphatic carbocycles. The van der Waals surface area contributed by atoms with E-state index in [4.69, 9.17) is 11.6 Å². The maximum absolute atomic E-state index is 11.9. The average molecular weight is 449 g/mol. The van der Waals surface area contributed by atoms with Gasteiger partial charge in [0.15, 0.2) is 0 Å². The molecule has 1 N–H and O–H groups in total. The normalized spacial score (nSPS) is 11.0. The number of aromatic nitrogens is 1. The minimum Gasteiger partial charge on any atom is -0.316 e. The Morgan fingerprint density at radius 3 is 2.77 bits per heavy atom. The van der Waals surface area contributed by atoms with Gasteiger partial charge in [-0.2, -0.15) is 5.10 Å². The van der Waals surface area contributed by atoms with Crippen molar-refractivity contribution in [2.24, 2.45) is 5.10 Å². The molecule has 0 atom stereocenters. The van der Waals surface area contributed by atoms with Gasteiger partial charge in [-0.1, -0.05) is 33.6 Å². The summed E-state index contributed by atoms with van der Waals surface area (Å²) in [5.74, 6) is 0.118. The van der Waals surface area contributed by atoms with Gasteiger partial charge in [-0.25, -0.2) is 5.43 Å². The molecule has 4 nitrogen and oxygen atoms in total. The highest BCUT2D eigenvalue weighted by molar-refractivity contribution is 9.10. The lowest BCUT2D eigenvalue weighted by atomic mass is 10.3. The number of nitrogens with one attached hydrogen (secondary N) is 1. The molecule has 7 heteroatoms. The van der Waals surface area contributed by atoms with E-state index in [0.29, 0.717) is 5.02 Å². The van der Waals surface area contributed by atoms with Crippen LogP contribution >= 0.6 is 39.3 Å². The van der Waals surface area contributed by atoms with E-state index in [1.165, 1.54) is 11.8 Å². The first-order valence-corrected chi connectivity index (χ1v) is 9.91. The quantitative estimate of drug-likeness (QED) is 0.322. The molecular formula is C19H15BrClN3OS. The van der Waals surface area contributed by atoms with Crippen LogP contribution in [0.3, 0.4) is 0 Å². The maximum Gasteiger partial charge on any atom is 0.250 e. The van der Waals surface area contributed by atoms with Crippen LogP contribution in [0.2, 0.25) is 5.02 Å². The van der Waals surface area contributed by atoms with Crippen LogP contribution in [-0.4, -0.2) is 22.4 Å². The van der Waals surface area contributed by atoms with Crippen LogP contribution in [0.15, 0.2) is 81.3 Å². The third-order valence-corrected chi connectivity index (χ3v) is 5.19. The van der Waals surface area contributed by atoms with E-state index >= 15 is 0 Å². The van der Waals surface area contributed by atoms with Crippen molar-refractivity contribution >= 4 is 51.4 Å². The Morgan fingerprint density at radius 1 is 1.19 bits per heavy atom. The second-order valence-electron chi connectivity index (χ2n) is 5.32. The van der Waals surface area contributed by atoms with Gasteiger partial charge in [0.25, 0.3) is 0 Å². The first-order chi connectivity index (χ1) is 12.6. The van der Waals surface area contributed by atoms with Crippen LogP contribution in [0.4, 0.5) is 0 Å². The number of benzene rings is 2. The summed E-state index contributed by atoms with van der Waals surface area (Å²) in [4.78, 5) is 12.9. The van der Waals surface area contributed by atoms with Crippen molar-refractivity contribution in [3.63, 3.8) is 0 Å². The van der Waals surface area contributed by atoms with Gasteiger partial charge in [-0.3, -0.25) is 4.79 Å². The van der Waals surface area contributed by atoms with Gasteiger partial charge in [0.2, 0.25) is 5.91 Å². The summed E-state index contributed by atoms with van der Waals surface area (Å²) in [5, 5.41) is 4.73. The Kier molecular flexibility index (Phi) is 6.55. The molecule has 0 spiro atoms. The van der Waals surface area contributed by atoms with E-state index in [1.54, 1.807) is 18.3 Å². The van der Waals surface area contributed by atoms with Gasteiger partial charge >= 0.3 is 0 Å². The molecule has 1 aromatic heterocycles. The summed E-state index contributed by atoms with van der Waals surface area (Å²) < 4.78 is 2.99.